The second kappa shape index (κ2) is 7.58. The lowest BCUT2D eigenvalue weighted by atomic mass is 9.99. The van der Waals surface area contributed by atoms with Gasteiger partial charge in [0.15, 0.2) is 5.13 Å². The van der Waals surface area contributed by atoms with E-state index < -0.39 is 0 Å². The molecule has 0 aliphatic rings. The van der Waals surface area contributed by atoms with Crippen molar-refractivity contribution in [1.82, 2.24) is 10.3 Å². The van der Waals surface area contributed by atoms with Crippen molar-refractivity contribution in [2.75, 3.05) is 11.9 Å². The van der Waals surface area contributed by atoms with Crippen molar-refractivity contribution in [3.8, 4) is 0 Å². The number of hydrogen-bond acceptors (Lipinski definition) is 4. The van der Waals surface area contributed by atoms with Gasteiger partial charge in [0.2, 0.25) is 0 Å². The van der Waals surface area contributed by atoms with Crippen LogP contribution in [0, 0.1) is 0 Å². The van der Waals surface area contributed by atoms with E-state index in [9.17, 15) is 4.79 Å². The van der Waals surface area contributed by atoms with Crippen LogP contribution in [0.3, 0.4) is 0 Å². The van der Waals surface area contributed by atoms with Crippen LogP contribution in [-0.2, 0) is 0 Å². The first-order valence-corrected chi connectivity index (χ1v) is 8.14. The first-order valence-electron chi connectivity index (χ1n) is 6.89. The molecule has 2 amide bonds. The molecular formula is C15H18ClN3O2S. The maximum absolute atomic E-state index is 11.7. The molecule has 0 bridgehead atoms. The molecule has 2 atom stereocenters. The Morgan fingerprint density at radius 3 is 2.68 bits per heavy atom. The molecule has 0 fully saturated rings. The van der Waals surface area contributed by atoms with Crippen LogP contribution in [0.25, 0.3) is 0 Å². The zero-order valence-electron chi connectivity index (χ0n) is 12.3. The molecule has 0 saturated carbocycles. The van der Waals surface area contributed by atoms with Crippen molar-refractivity contribution in [2.24, 2.45) is 0 Å². The van der Waals surface area contributed by atoms with Crippen molar-refractivity contribution < 1.29 is 9.90 Å². The third-order valence-electron chi connectivity index (χ3n) is 3.21. The van der Waals surface area contributed by atoms with Crippen LogP contribution in [-0.4, -0.2) is 28.8 Å². The smallest absolute Gasteiger partial charge is 0.321 e. The lowest BCUT2D eigenvalue weighted by Gasteiger charge is -2.11. The Balaban J connectivity index is 2.01. The van der Waals surface area contributed by atoms with Gasteiger partial charge in [0.05, 0.1) is 18.3 Å². The highest BCUT2D eigenvalue weighted by Gasteiger charge is 2.14. The number of urea groups is 1. The van der Waals surface area contributed by atoms with Crippen molar-refractivity contribution in [2.45, 2.75) is 25.8 Å². The molecule has 3 N–H and O–H groups in total. The fourth-order valence-corrected chi connectivity index (χ4v) is 2.79. The van der Waals surface area contributed by atoms with E-state index in [0.29, 0.717) is 10.2 Å². The van der Waals surface area contributed by atoms with Crippen molar-refractivity contribution in [3.05, 3.63) is 45.9 Å². The largest absolute Gasteiger partial charge is 0.394 e. The molecule has 7 heteroatoms. The SMILES string of the molecule is CC(CO)NC(=O)Nc1nc([C@@H](C)c2ccc(Cl)cc2)cs1. The Morgan fingerprint density at radius 2 is 2.05 bits per heavy atom. The zero-order valence-corrected chi connectivity index (χ0v) is 13.9. The number of aromatic nitrogens is 1. The quantitative estimate of drug-likeness (QED) is 0.781. The number of nitrogens with one attached hydrogen (secondary N) is 2. The van der Waals surface area contributed by atoms with E-state index in [0.717, 1.165) is 11.3 Å². The van der Waals surface area contributed by atoms with Crippen LogP contribution in [0.2, 0.25) is 5.02 Å². The minimum Gasteiger partial charge on any atom is -0.394 e. The van der Waals surface area contributed by atoms with E-state index >= 15 is 0 Å². The highest BCUT2D eigenvalue weighted by Crippen LogP contribution is 2.28. The lowest BCUT2D eigenvalue weighted by molar-refractivity contribution is 0.229. The molecular weight excluding hydrogens is 322 g/mol. The minimum atomic E-state index is -0.374. The fourth-order valence-electron chi connectivity index (χ4n) is 1.87. The Labute approximate surface area is 138 Å². The number of rotatable bonds is 5. The van der Waals surface area contributed by atoms with E-state index in [1.54, 1.807) is 6.92 Å². The Morgan fingerprint density at radius 1 is 1.36 bits per heavy atom. The fraction of sp³-hybridized carbons (Fsp3) is 0.333. The number of halogens is 1. The third kappa shape index (κ3) is 4.43. The summed E-state index contributed by atoms with van der Waals surface area (Å²) in [4.78, 5) is 16.1. The van der Waals surface area contributed by atoms with Gasteiger partial charge in [-0.15, -0.1) is 11.3 Å². The van der Waals surface area contributed by atoms with Crippen molar-refractivity contribution in [3.63, 3.8) is 0 Å². The number of carbonyl (C=O) groups is 1. The van der Waals surface area contributed by atoms with Gasteiger partial charge in [-0.3, -0.25) is 5.32 Å². The normalized spacial score (nSPS) is 13.5. The molecule has 1 aromatic heterocycles. The molecule has 0 saturated heterocycles. The molecule has 1 aromatic carbocycles. The molecule has 0 radical (unpaired) electrons. The predicted molar refractivity (Wildman–Crippen MR) is 89.8 cm³/mol. The molecule has 118 valence electrons. The van der Waals surface area contributed by atoms with Crippen LogP contribution in [0.4, 0.5) is 9.93 Å². The van der Waals surface area contributed by atoms with E-state index in [1.165, 1.54) is 11.3 Å². The highest BCUT2D eigenvalue weighted by atomic mass is 35.5. The number of amides is 2. The molecule has 0 aliphatic heterocycles. The van der Waals surface area contributed by atoms with Gasteiger partial charge in [-0.2, -0.15) is 0 Å². The van der Waals surface area contributed by atoms with Crippen LogP contribution in [0.5, 0.6) is 0 Å². The monoisotopic (exact) mass is 339 g/mol. The summed E-state index contributed by atoms with van der Waals surface area (Å²) >= 11 is 7.26. The van der Waals surface area contributed by atoms with Crippen molar-refractivity contribution in [1.29, 1.82) is 0 Å². The second-order valence-corrected chi connectivity index (χ2v) is 6.33. The van der Waals surface area contributed by atoms with Crippen molar-refractivity contribution >= 4 is 34.1 Å². The van der Waals surface area contributed by atoms with Crippen LogP contribution >= 0.6 is 22.9 Å². The van der Waals surface area contributed by atoms with Gasteiger partial charge in [-0.1, -0.05) is 30.7 Å². The summed E-state index contributed by atoms with van der Waals surface area (Å²) < 4.78 is 0. The maximum atomic E-state index is 11.7. The first kappa shape index (κ1) is 16.7. The number of hydrogen-bond donors (Lipinski definition) is 3. The maximum Gasteiger partial charge on any atom is 0.321 e. The average Bonchev–Trinajstić information content (AvgIpc) is 2.95. The number of aliphatic hydroxyl groups excluding tert-OH is 1. The molecule has 22 heavy (non-hydrogen) atoms. The molecule has 0 aliphatic carbocycles. The summed E-state index contributed by atoms with van der Waals surface area (Å²) in [6, 6.07) is 6.96. The van der Waals surface area contributed by atoms with Gasteiger partial charge < -0.3 is 10.4 Å². The topological polar surface area (TPSA) is 74.2 Å². The van der Waals surface area contributed by atoms with Gasteiger partial charge in [-0.25, -0.2) is 9.78 Å². The number of benzene rings is 1. The lowest BCUT2D eigenvalue weighted by Crippen LogP contribution is -2.38. The van der Waals surface area contributed by atoms with E-state index in [-0.39, 0.29) is 24.6 Å². The van der Waals surface area contributed by atoms with Gasteiger partial charge >= 0.3 is 6.03 Å². The van der Waals surface area contributed by atoms with Gasteiger partial charge in [0.1, 0.15) is 0 Å². The molecule has 1 unspecified atom stereocenters. The summed E-state index contributed by atoms with van der Waals surface area (Å²) in [5.74, 6) is 0.114. The molecule has 2 aromatic rings. The molecule has 2 rings (SSSR count). The van der Waals surface area contributed by atoms with Gasteiger partial charge in [-0.05, 0) is 24.6 Å². The summed E-state index contributed by atoms with van der Waals surface area (Å²) in [6.07, 6.45) is 0. The van der Waals surface area contributed by atoms with E-state index in [2.05, 4.69) is 22.5 Å². The summed E-state index contributed by atoms with van der Waals surface area (Å²) in [7, 11) is 0. The third-order valence-corrected chi connectivity index (χ3v) is 4.24. The Kier molecular flexibility index (Phi) is 5.76. The second-order valence-electron chi connectivity index (χ2n) is 5.03. The molecule has 0 spiro atoms. The molecule has 5 nitrogen and oxygen atoms in total. The number of anilines is 1. The predicted octanol–water partition coefficient (Wildman–Crippen LogP) is 3.45. The Hall–Kier alpha value is -1.63. The standard InChI is InChI=1S/C15H18ClN3O2S/c1-9(7-20)17-14(21)19-15-18-13(8-22-15)10(2)11-3-5-12(16)6-4-11/h3-6,8-10,20H,7H2,1-2H3,(H2,17,18,19,21)/t9?,10-/m0/s1. The van der Waals surface area contributed by atoms with Crippen LogP contribution in [0.15, 0.2) is 29.6 Å². The first-order chi connectivity index (χ1) is 10.5. The number of thiazole rings is 1. The van der Waals surface area contributed by atoms with Crippen LogP contribution in [0.1, 0.15) is 31.0 Å². The summed E-state index contributed by atoms with van der Waals surface area (Å²) in [5, 5.41) is 17.3. The van der Waals surface area contributed by atoms with Crippen LogP contribution < -0.4 is 10.6 Å². The van der Waals surface area contributed by atoms with Gasteiger partial charge in [0, 0.05) is 16.3 Å². The van der Waals surface area contributed by atoms with E-state index in [4.69, 9.17) is 16.7 Å². The average molecular weight is 340 g/mol. The minimum absolute atomic E-state index is 0.107. The summed E-state index contributed by atoms with van der Waals surface area (Å²) in [6.45, 7) is 3.66. The Bertz CT molecular complexity index is 630. The highest BCUT2D eigenvalue weighted by molar-refractivity contribution is 7.13. The van der Waals surface area contributed by atoms with Gasteiger partial charge in [0.25, 0.3) is 0 Å². The zero-order chi connectivity index (χ0) is 16.1. The number of carbonyl (C=O) groups excluding carboxylic acids is 1. The number of nitrogens with zero attached hydrogens (tertiary/aromatic N) is 1. The van der Waals surface area contributed by atoms with E-state index in [1.807, 2.05) is 29.6 Å². The molecule has 1 heterocycles. The number of aliphatic hydroxyl groups is 1. The summed E-state index contributed by atoms with van der Waals surface area (Å²) in [5.41, 5.74) is 2.00.